The quantitative estimate of drug-likeness (QED) is 0.654. The van der Waals surface area contributed by atoms with Crippen molar-refractivity contribution in [1.29, 1.82) is 5.26 Å². The monoisotopic (exact) mass is 234 g/mol. The molecule has 0 bridgehead atoms. The number of sulfonamides is 1. The number of carbonyl (C=O) groups is 1. The number of nitriles is 1. The first-order valence-corrected chi connectivity index (χ1v) is 5.85. The molecule has 0 aliphatic heterocycles. The summed E-state index contributed by atoms with van der Waals surface area (Å²) in [6.07, 6.45) is 0. The van der Waals surface area contributed by atoms with Crippen LogP contribution >= 0.6 is 0 Å². The molecule has 86 valence electrons. The van der Waals surface area contributed by atoms with Crippen molar-refractivity contribution in [2.75, 3.05) is 13.7 Å². The summed E-state index contributed by atoms with van der Waals surface area (Å²) >= 11 is 0. The van der Waals surface area contributed by atoms with E-state index in [1.165, 1.54) is 6.92 Å². The molecule has 0 rings (SSSR count). The third kappa shape index (κ3) is 4.27. The molecule has 0 aromatic rings. The smallest absolute Gasteiger partial charge is 0.325 e. The highest BCUT2D eigenvalue weighted by atomic mass is 32.2. The Labute approximate surface area is 89.3 Å². The van der Waals surface area contributed by atoms with Gasteiger partial charge in [-0.1, -0.05) is 0 Å². The Hall–Kier alpha value is -1.13. The van der Waals surface area contributed by atoms with Gasteiger partial charge in [-0.2, -0.15) is 5.26 Å². The molecule has 2 unspecified atom stereocenters. The number of nitrogens with zero attached hydrogens (tertiary/aromatic N) is 1. The molecule has 0 aliphatic carbocycles. The molecular formula is C8H14N2O4S. The van der Waals surface area contributed by atoms with Gasteiger partial charge in [-0.3, -0.25) is 4.79 Å². The summed E-state index contributed by atoms with van der Waals surface area (Å²) in [4.78, 5) is 11.0. The third-order valence-electron chi connectivity index (χ3n) is 1.81. The van der Waals surface area contributed by atoms with Gasteiger partial charge in [-0.25, -0.2) is 13.1 Å². The summed E-state index contributed by atoms with van der Waals surface area (Å²) in [5.41, 5.74) is 0. The highest BCUT2D eigenvalue weighted by molar-refractivity contribution is 7.90. The highest BCUT2D eigenvalue weighted by Gasteiger charge is 2.28. The van der Waals surface area contributed by atoms with Gasteiger partial charge in [0.05, 0.1) is 19.1 Å². The molecule has 2 atom stereocenters. The second-order valence-electron chi connectivity index (χ2n) is 3.09. The molecule has 0 fully saturated rings. The predicted octanol–water partition coefficient (Wildman–Crippen LogP) is -0.373. The minimum Gasteiger partial charge on any atom is -0.468 e. The van der Waals surface area contributed by atoms with Gasteiger partial charge in [0.15, 0.2) is 5.25 Å². The standard InChI is InChI=1S/C8H14N2O4S/c1-6(4-9)5-10-15(12,13)7(2)8(11)14-3/h6-7,10H,5H2,1-3H3. The van der Waals surface area contributed by atoms with Gasteiger partial charge in [-0.05, 0) is 13.8 Å². The third-order valence-corrected chi connectivity index (χ3v) is 3.50. The molecule has 0 heterocycles. The van der Waals surface area contributed by atoms with Crippen LogP contribution in [0.4, 0.5) is 0 Å². The van der Waals surface area contributed by atoms with Crippen molar-refractivity contribution >= 4 is 16.0 Å². The second-order valence-corrected chi connectivity index (χ2v) is 5.17. The van der Waals surface area contributed by atoms with Gasteiger partial charge in [0.1, 0.15) is 0 Å². The summed E-state index contributed by atoms with van der Waals surface area (Å²) in [5.74, 6) is -1.27. The molecule has 0 aromatic carbocycles. The van der Waals surface area contributed by atoms with Gasteiger partial charge in [-0.15, -0.1) is 0 Å². The number of hydrogen-bond acceptors (Lipinski definition) is 5. The van der Waals surface area contributed by atoms with Gasteiger partial charge in [0, 0.05) is 6.54 Å². The summed E-state index contributed by atoms with van der Waals surface area (Å²) in [6.45, 7) is 2.79. The summed E-state index contributed by atoms with van der Waals surface area (Å²) in [7, 11) is -2.64. The number of ether oxygens (including phenoxy) is 1. The fraction of sp³-hybridized carbons (Fsp3) is 0.750. The zero-order chi connectivity index (χ0) is 12.1. The average Bonchev–Trinajstić information content (AvgIpc) is 2.23. The summed E-state index contributed by atoms with van der Waals surface area (Å²) in [6, 6.07) is 1.88. The first kappa shape index (κ1) is 13.9. The predicted molar refractivity (Wildman–Crippen MR) is 53.2 cm³/mol. The van der Waals surface area contributed by atoms with Gasteiger partial charge in [0.25, 0.3) is 0 Å². The maximum absolute atomic E-state index is 11.4. The van der Waals surface area contributed by atoms with Crippen LogP contribution in [0.3, 0.4) is 0 Å². The molecular weight excluding hydrogens is 220 g/mol. The average molecular weight is 234 g/mol. The Balaban J connectivity index is 4.45. The van der Waals surface area contributed by atoms with Crippen molar-refractivity contribution in [2.45, 2.75) is 19.1 Å². The van der Waals surface area contributed by atoms with Crippen molar-refractivity contribution in [3.8, 4) is 6.07 Å². The Morgan fingerprint density at radius 3 is 2.47 bits per heavy atom. The lowest BCUT2D eigenvalue weighted by atomic mass is 10.2. The number of carbonyl (C=O) groups excluding carboxylic acids is 1. The molecule has 0 aliphatic rings. The lowest BCUT2D eigenvalue weighted by Crippen LogP contribution is -2.39. The normalized spacial score (nSPS) is 15.1. The lowest BCUT2D eigenvalue weighted by Gasteiger charge is -2.12. The molecule has 0 amide bonds. The molecule has 15 heavy (non-hydrogen) atoms. The fourth-order valence-corrected chi connectivity index (χ4v) is 1.79. The number of hydrogen-bond donors (Lipinski definition) is 1. The van der Waals surface area contributed by atoms with E-state index in [0.29, 0.717) is 0 Å². The van der Waals surface area contributed by atoms with E-state index in [0.717, 1.165) is 7.11 Å². The van der Waals surface area contributed by atoms with Crippen molar-refractivity contribution in [1.82, 2.24) is 4.72 Å². The minimum atomic E-state index is -3.75. The lowest BCUT2D eigenvalue weighted by molar-refractivity contribution is -0.139. The van der Waals surface area contributed by atoms with Crippen LogP contribution in [0.1, 0.15) is 13.8 Å². The molecule has 0 saturated carbocycles. The van der Waals surface area contributed by atoms with Crippen molar-refractivity contribution in [3.63, 3.8) is 0 Å². The second kappa shape index (κ2) is 5.68. The van der Waals surface area contributed by atoms with E-state index in [1.807, 2.05) is 6.07 Å². The van der Waals surface area contributed by atoms with Crippen LogP contribution in [0.5, 0.6) is 0 Å². The van der Waals surface area contributed by atoms with Crippen molar-refractivity contribution < 1.29 is 17.9 Å². The fourth-order valence-electron chi connectivity index (χ4n) is 0.704. The van der Waals surface area contributed by atoms with E-state index >= 15 is 0 Å². The molecule has 1 N–H and O–H groups in total. The van der Waals surface area contributed by atoms with E-state index in [4.69, 9.17) is 5.26 Å². The van der Waals surface area contributed by atoms with Crippen LogP contribution in [0, 0.1) is 17.2 Å². The molecule has 0 saturated heterocycles. The summed E-state index contributed by atoms with van der Waals surface area (Å²) < 4.78 is 29.3. The number of esters is 1. The number of rotatable bonds is 5. The number of methoxy groups -OCH3 is 1. The molecule has 7 heteroatoms. The minimum absolute atomic E-state index is 0.0137. The molecule has 0 aromatic heterocycles. The van der Waals surface area contributed by atoms with E-state index in [2.05, 4.69) is 9.46 Å². The maximum atomic E-state index is 11.4. The van der Waals surface area contributed by atoms with Gasteiger partial charge >= 0.3 is 5.97 Å². The van der Waals surface area contributed by atoms with E-state index < -0.39 is 27.2 Å². The first-order valence-electron chi connectivity index (χ1n) is 4.31. The Kier molecular flexibility index (Phi) is 5.25. The van der Waals surface area contributed by atoms with Crippen LogP contribution < -0.4 is 4.72 Å². The Morgan fingerprint density at radius 2 is 2.07 bits per heavy atom. The Bertz CT molecular complexity index is 357. The zero-order valence-corrected chi connectivity index (χ0v) is 9.67. The van der Waals surface area contributed by atoms with E-state index in [1.54, 1.807) is 6.92 Å². The maximum Gasteiger partial charge on any atom is 0.325 e. The van der Waals surface area contributed by atoms with Crippen LogP contribution in [-0.4, -0.2) is 33.3 Å². The van der Waals surface area contributed by atoms with E-state index in [9.17, 15) is 13.2 Å². The van der Waals surface area contributed by atoms with Crippen LogP contribution in [-0.2, 0) is 19.6 Å². The van der Waals surface area contributed by atoms with Crippen molar-refractivity contribution in [2.24, 2.45) is 5.92 Å². The van der Waals surface area contributed by atoms with Crippen molar-refractivity contribution in [3.05, 3.63) is 0 Å². The van der Waals surface area contributed by atoms with Gasteiger partial charge < -0.3 is 4.74 Å². The van der Waals surface area contributed by atoms with Crippen LogP contribution in [0.15, 0.2) is 0 Å². The topological polar surface area (TPSA) is 96.3 Å². The highest BCUT2D eigenvalue weighted by Crippen LogP contribution is 2.01. The van der Waals surface area contributed by atoms with Gasteiger partial charge in [0.2, 0.25) is 10.0 Å². The summed E-state index contributed by atoms with van der Waals surface area (Å²) in [5, 5.41) is 7.18. The SMILES string of the molecule is COC(=O)C(C)S(=O)(=O)NCC(C)C#N. The van der Waals surface area contributed by atoms with E-state index in [-0.39, 0.29) is 6.54 Å². The largest absolute Gasteiger partial charge is 0.468 e. The molecule has 0 radical (unpaired) electrons. The number of nitrogens with one attached hydrogen (secondary N) is 1. The molecule has 6 nitrogen and oxygen atoms in total. The van der Waals surface area contributed by atoms with Crippen LogP contribution in [0.2, 0.25) is 0 Å². The first-order chi connectivity index (χ1) is 6.85. The van der Waals surface area contributed by atoms with Crippen LogP contribution in [0.25, 0.3) is 0 Å². The molecule has 0 spiro atoms. The zero-order valence-electron chi connectivity index (χ0n) is 8.85. The Morgan fingerprint density at radius 1 is 1.53 bits per heavy atom.